The Labute approximate surface area is 523 Å². The maximum absolute atomic E-state index is 15.0. The molecule has 5 amide bonds. The lowest BCUT2D eigenvalue weighted by Crippen LogP contribution is -2.52. The van der Waals surface area contributed by atoms with E-state index in [-0.39, 0.29) is 68.6 Å². The molecule has 2 aromatic rings. The molecular formula is C63H86N8O18P+. The number of anilines is 1. The summed E-state index contributed by atoms with van der Waals surface area (Å²) in [6.45, 7) is 18.5. The number of allylic oxidation sites excluding steroid dienone is 2. The SMILES string of the molecule is C=[P+](C)CC(NC(=O)CNC(=O)CCC(C=O)C=O)C(=O)NCC(=O)NCC(=O)OC1C(C)C=C/C=C(/C)C(=O)N=c2c(O)c3c(O)c(C)c4c(c3c3c2=NC2(CCN(CC(C)C)CC2)N3)C(=O)C(C)(OC=CC(OC)C(C)C(OC(C)=O)C(C)C(O)C1C)O4. The van der Waals surface area contributed by atoms with Crippen molar-refractivity contribution in [1.29, 1.82) is 0 Å². The van der Waals surface area contributed by atoms with Crippen LogP contribution in [-0.4, -0.2) is 187 Å². The summed E-state index contributed by atoms with van der Waals surface area (Å²) in [6.07, 6.45) is 8.29. The van der Waals surface area contributed by atoms with E-state index in [1.807, 2.05) is 0 Å². The molecule has 90 heavy (non-hydrogen) atoms. The van der Waals surface area contributed by atoms with Crippen LogP contribution >= 0.6 is 7.55 Å². The van der Waals surface area contributed by atoms with Gasteiger partial charge in [-0.25, -0.2) is 4.99 Å². The molecule has 1 fully saturated rings. The van der Waals surface area contributed by atoms with Crippen LogP contribution in [0.15, 0.2) is 46.1 Å². The van der Waals surface area contributed by atoms with Crippen molar-refractivity contribution in [1.82, 2.24) is 26.2 Å². The molecule has 5 aliphatic heterocycles. The number of esters is 2. The molecule has 7 rings (SSSR count). The van der Waals surface area contributed by atoms with E-state index in [9.17, 15) is 63.3 Å². The number of likely N-dealkylation sites (tertiary alicyclic amines) is 1. The standard InChI is InChI=1S/C63H85N8O18P/c1-32(2)28-71-22-20-63(21-23-71)69-50-47-48-54(80)38(8)58-49(47)59(82)62(10,89-58)86-24-19-42(85-11)35(5)57(87-39(9)74)37(7)53(79)36(6)56(33(3)15-14-16-34(4)60(83)68-52(55(48)81)51(50)70-63)88-46(78)27-65-44(76)25-66-61(84)41(31-90(12)13)67-45(77)26-64-43(75)18-17-40(29-72)30-73/h14-16,19,24,29-30,32-33,35-37,40-42,53,56-57,79H,12,17-18,20-23,25-28,31H2,1-11,13H3,(H6-,64,65,66,67,68,69,70,75,76,77,80,81,82,83,84)/p+1/b15-14?,24-19?,34-16-. The van der Waals surface area contributed by atoms with Gasteiger partial charge in [0.1, 0.15) is 71.4 Å². The number of fused-ring (bicyclic) bond motifs is 13. The number of ether oxygens (including phenoxy) is 5. The number of nitrogens with zero attached hydrogens (tertiary/aromatic N) is 3. The Kier molecular flexibility index (Phi) is 24.3. The number of nitrogens with one attached hydrogen (secondary N) is 5. The Hall–Kier alpha value is -7.93. The largest absolute Gasteiger partial charge is 0.507 e. The summed E-state index contributed by atoms with van der Waals surface area (Å²) in [4.78, 5) is 141. The lowest BCUT2D eigenvalue weighted by Gasteiger charge is -2.39. The van der Waals surface area contributed by atoms with Gasteiger partial charge in [-0.3, -0.25) is 43.3 Å². The summed E-state index contributed by atoms with van der Waals surface area (Å²) in [6, 6.07) is -1.16. The predicted molar refractivity (Wildman–Crippen MR) is 332 cm³/mol. The fraction of sp³-hybridized carbons (Fsp3) is 0.571. The summed E-state index contributed by atoms with van der Waals surface area (Å²) in [5.41, 5.74) is -0.561. The molecule has 27 heteroatoms. The Morgan fingerprint density at radius 1 is 0.889 bits per heavy atom. The summed E-state index contributed by atoms with van der Waals surface area (Å²) in [5.74, 6) is -13.1. The number of phenolic OH excluding ortho intramolecular Hbond substituents is 2. The number of ketones is 1. The number of aromatic hydroxyl groups is 2. The van der Waals surface area contributed by atoms with E-state index in [0.717, 1.165) is 6.54 Å². The molecule has 5 bridgehead atoms. The second kappa shape index (κ2) is 30.7. The molecule has 8 N–H and O–H groups in total. The van der Waals surface area contributed by atoms with E-state index in [1.165, 1.54) is 59.3 Å². The van der Waals surface area contributed by atoms with Gasteiger partial charge in [-0.15, -0.1) is 0 Å². The molecule has 1 saturated heterocycles. The first kappa shape index (κ1) is 71.1. The van der Waals surface area contributed by atoms with Crippen LogP contribution in [0.5, 0.6) is 17.2 Å². The molecule has 11 unspecified atom stereocenters. The zero-order chi connectivity index (χ0) is 66.7. The van der Waals surface area contributed by atoms with Crippen molar-refractivity contribution in [2.24, 2.45) is 45.5 Å². The van der Waals surface area contributed by atoms with Crippen LogP contribution < -0.4 is 42.0 Å². The number of phenols is 2. The number of methoxy groups -OCH3 is 1. The van der Waals surface area contributed by atoms with Crippen LogP contribution in [0.4, 0.5) is 5.69 Å². The van der Waals surface area contributed by atoms with Crippen LogP contribution in [-0.2, 0) is 62.1 Å². The molecule has 1 spiro atoms. The molecule has 2 aromatic carbocycles. The van der Waals surface area contributed by atoms with Gasteiger partial charge in [0.15, 0.2) is 5.75 Å². The number of piperidine rings is 1. The van der Waals surface area contributed by atoms with E-state index in [0.29, 0.717) is 44.4 Å². The lowest BCUT2D eigenvalue weighted by atomic mass is 9.78. The third-order valence-electron chi connectivity index (χ3n) is 16.6. The van der Waals surface area contributed by atoms with Gasteiger partial charge in [-0.1, -0.05) is 59.8 Å². The second-order valence-corrected chi connectivity index (χ2v) is 26.4. The Morgan fingerprint density at radius 2 is 1.53 bits per heavy atom. The number of benzene rings is 2. The molecule has 11 atom stereocenters. The normalized spacial score (nSPS) is 25.3. The van der Waals surface area contributed by atoms with Crippen molar-refractivity contribution < 1.29 is 86.9 Å². The number of Topliss-reactive ketones (excluding diaryl/α,β-unsaturated/α-hetero) is 1. The monoisotopic (exact) mass is 1270 g/mol. The molecule has 0 saturated carbocycles. The summed E-state index contributed by atoms with van der Waals surface area (Å²) < 4.78 is 30.3. The van der Waals surface area contributed by atoms with E-state index < -0.39 is 157 Å². The average Bonchev–Trinajstić information content (AvgIpc) is 1.50. The molecule has 490 valence electrons. The third-order valence-corrected chi connectivity index (χ3v) is 17.6. The first-order valence-electron chi connectivity index (χ1n) is 30.0. The molecule has 26 nitrogen and oxygen atoms in total. The van der Waals surface area contributed by atoms with Crippen LogP contribution in [0.3, 0.4) is 0 Å². The molecule has 0 aromatic heterocycles. The fourth-order valence-electron chi connectivity index (χ4n) is 11.6. The van der Waals surface area contributed by atoms with Crippen molar-refractivity contribution in [2.45, 2.75) is 137 Å². The molecule has 0 radical (unpaired) electrons. The zero-order valence-corrected chi connectivity index (χ0v) is 54.0. The minimum atomic E-state index is -2.06. The third kappa shape index (κ3) is 16.9. The quantitative estimate of drug-likeness (QED) is 0.0310. The highest BCUT2D eigenvalue weighted by Crippen LogP contribution is 2.51. The number of hydrogen-bond donors (Lipinski definition) is 8. The Balaban J connectivity index is 1.32. The molecular weight excluding hydrogens is 1190 g/mol. The van der Waals surface area contributed by atoms with Gasteiger partial charge in [-0.05, 0) is 32.3 Å². The topological polar surface area (TPSA) is 366 Å². The summed E-state index contributed by atoms with van der Waals surface area (Å²) >= 11 is 0. The number of carbonyl (C=O) groups excluding carboxylic acids is 10. The van der Waals surface area contributed by atoms with Crippen LogP contribution in [0.2, 0.25) is 0 Å². The van der Waals surface area contributed by atoms with Crippen molar-refractivity contribution in [2.75, 3.05) is 64.5 Å². The van der Waals surface area contributed by atoms with Gasteiger partial charge in [0.25, 0.3) is 11.7 Å². The number of hydrogen-bond acceptors (Lipinski definition) is 21. The van der Waals surface area contributed by atoms with Gasteiger partial charge in [0, 0.05) is 100 Å². The van der Waals surface area contributed by atoms with Crippen LogP contribution in [0, 0.1) is 42.4 Å². The van der Waals surface area contributed by atoms with Gasteiger partial charge < -0.3 is 80.1 Å². The first-order chi connectivity index (χ1) is 42.4. The van der Waals surface area contributed by atoms with Crippen LogP contribution in [0.25, 0.3) is 10.8 Å². The van der Waals surface area contributed by atoms with Crippen LogP contribution in [0.1, 0.15) is 104 Å². The van der Waals surface area contributed by atoms with Gasteiger partial charge in [-0.2, -0.15) is 0 Å². The van der Waals surface area contributed by atoms with Crippen molar-refractivity contribution in [3.63, 3.8) is 0 Å². The number of aliphatic hydroxyl groups excluding tert-OH is 1. The van der Waals surface area contributed by atoms with E-state index in [2.05, 4.69) is 56.6 Å². The van der Waals surface area contributed by atoms with Crippen molar-refractivity contribution >= 4 is 90.1 Å². The van der Waals surface area contributed by atoms with Crippen molar-refractivity contribution in [3.05, 3.63) is 58.0 Å². The highest BCUT2D eigenvalue weighted by atomic mass is 31.1. The Bertz CT molecular complexity index is 3370. The smallest absolute Gasteiger partial charge is 0.325 e. The minimum Gasteiger partial charge on any atom is -0.507 e. The van der Waals surface area contributed by atoms with Gasteiger partial charge in [0.2, 0.25) is 23.6 Å². The molecule has 5 aliphatic rings. The van der Waals surface area contributed by atoms with Gasteiger partial charge in [0.05, 0.1) is 74.6 Å². The molecule has 5 heterocycles. The highest BCUT2D eigenvalue weighted by Gasteiger charge is 2.51. The Morgan fingerprint density at radius 3 is 2.16 bits per heavy atom. The lowest BCUT2D eigenvalue weighted by molar-refractivity contribution is -0.165. The predicted octanol–water partition coefficient (Wildman–Crippen LogP) is 2.47. The number of carbonyl (C=O) groups is 10. The number of amides is 5. The number of aliphatic hydroxyl groups is 1. The summed E-state index contributed by atoms with van der Waals surface area (Å²) in [5, 5.41) is 49.6. The fourth-order valence-corrected chi connectivity index (χ4v) is 12.5. The van der Waals surface area contributed by atoms with E-state index in [1.54, 1.807) is 40.4 Å². The highest BCUT2D eigenvalue weighted by molar-refractivity contribution is 7.55. The zero-order valence-electron chi connectivity index (χ0n) is 53.1. The number of rotatable bonds is 20. The molecule has 0 aliphatic carbocycles. The van der Waals surface area contributed by atoms with E-state index >= 15 is 0 Å². The summed E-state index contributed by atoms with van der Waals surface area (Å²) in [7, 11) is 0.379. The maximum atomic E-state index is 15.0. The first-order valence-corrected chi connectivity index (χ1v) is 32.2. The number of aldehydes is 2. The second-order valence-electron chi connectivity index (χ2n) is 24.3. The maximum Gasteiger partial charge on any atom is 0.325 e. The van der Waals surface area contributed by atoms with Crippen molar-refractivity contribution in [3.8, 4) is 17.2 Å². The van der Waals surface area contributed by atoms with Gasteiger partial charge >= 0.3 is 17.7 Å². The average molecular weight is 1270 g/mol. The van der Waals surface area contributed by atoms with E-state index in [4.69, 9.17) is 28.7 Å². The minimum absolute atomic E-state index is 0.0121.